The van der Waals surface area contributed by atoms with Crippen molar-refractivity contribution in [2.75, 3.05) is 18.1 Å². The molecule has 2 fully saturated rings. The van der Waals surface area contributed by atoms with Crippen molar-refractivity contribution in [2.24, 2.45) is 17.3 Å². The van der Waals surface area contributed by atoms with Crippen molar-refractivity contribution in [3.05, 3.63) is 0 Å². The number of thioether (sulfide) groups is 1. The van der Waals surface area contributed by atoms with E-state index in [4.69, 9.17) is 0 Å². The molecule has 1 saturated carbocycles. The van der Waals surface area contributed by atoms with Crippen LogP contribution in [0.25, 0.3) is 0 Å². The highest BCUT2D eigenvalue weighted by Gasteiger charge is 2.28. The zero-order chi connectivity index (χ0) is 13.0. The van der Waals surface area contributed by atoms with Crippen LogP contribution in [0.15, 0.2) is 0 Å². The maximum atomic E-state index is 3.82. The minimum absolute atomic E-state index is 0.542. The molecule has 1 nitrogen and oxygen atoms in total. The SMILES string of the molecule is CC1CCCC(CCNC2CSCC(C)(C)C2)C1. The summed E-state index contributed by atoms with van der Waals surface area (Å²) in [5.41, 5.74) is 0.542. The summed E-state index contributed by atoms with van der Waals surface area (Å²) in [6, 6.07) is 0.764. The van der Waals surface area contributed by atoms with Gasteiger partial charge in [0.1, 0.15) is 0 Å². The van der Waals surface area contributed by atoms with Gasteiger partial charge in [0.25, 0.3) is 0 Å². The van der Waals surface area contributed by atoms with Gasteiger partial charge in [-0.25, -0.2) is 0 Å². The van der Waals surface area contributed by atoms with Gasteiger partial charge in [-0.2, -0.15) is 11.8 Å². The van der Waals surface area contributed by atoms with Gasteiger partial charge in [0.15, 0.2) is 0 Å². The first-order valence-corrected chi connectivity index (χ1v) is 9.02. The zero-order valence-electron chi connectivity index (χ0n) is 12.5. The van der Waals surface area contributed by atoms with E-state index in [1.54, 1.807) is 0 Å². The molecule has 1 N–H and O–H groups in total. The molecular formula is C16H31NS. The first-order chi connectivity index (χ1) is 8.55. The van der Waals surface area contributed by atoms with E-state index in [1.165, 1.54) is 56.6 Å². The number of hydrogen-bond acceptors (Lipinski definition) is 2. The lowest BCUT2D eigenvalue weighted by atomic mass is 9.81. The molecule has 0 spiro atoms. The third kappa shape index (κ3) is 4.77. The van der Waals surface area contributed by atoms with E-state index in [9.17, 15) is 0 Å². The van der Waals surface area contributed by atoms with Gasteiger partial charge >= 0.3 is 0 Å². The third-order valence-corrected chi connectivity index (χ3v) is 6.27. The Bertz CT molecular complexity index is 251. The van der Waals surface area contributed by atoms with Crippen LogP contribution >= 0.6 is 11.8 Å². The van der Waals surface area contributed by atoms with Gasteiger partial charge in [-0.05, 0) is 48.8 Å². The summed E-state index contributed by atoms with van der Waals surface area (Å²) in [7, 11) is 0. The van der Waals surface area contributed by atoms with Crippen LogP contribution in [0.3, 0.4) is 0 Å². The monoisotopic (exact) mass is 269 g/mol. The van der Waals surface area contributed by atoms with Crippen molar-refractivity contribution in [3.63, 3.8) is 0 Å². The average molecular weight is 269 g/mol. The summed E-state index contributed by atoms with van der Waals surface area (Å²) in [6.07, 6.45) is 8.67. The topological polar surface area (TPSA) is 12.0 Å². The molecule has 0 aromatic rings. The maximum Gasteiger partial charge on any atom is 0.0163 e. The lowest BCUT2D eigenvalue weighted by Crippen LogP contribution is -2.41. The van der Waals surface area contributed by atoms with Crippen LogP contribution in [0.2, 0.25) is 0 Å². The highest BCUT2D eigenvalue weighted by Crippen LogP contribution is 2.34. The molecule has 106 valence electrons. The fraction of sp³-hybridized carbons (Fsp3) is 1.00. The van der Waals surface area contributed by atoms with E-state index in [1.807, 2.05) is 0 Å². The van der Waals surface area contributed by atoms with Crippen molar-refractivity contribution in [1.29, 1.82) is 0 Å². The Kier molecular flexibility index (Phi) is 5.44. The Morgan fingerprint density at radius 1 is 1.28 bits per heavy atom. The molecule has 3 unspecified atom stereocenters. The van der Waals surface area contributed by atoms with E-state index in [0.717, 1.165) is 17.9 Å². The first kappa shape index (κ1) is 14.7. The molecule has 0 aromatic heterocycles. The van der Waals surface area contributed by atoms with Crippen LogP contribution in [0.4, 0.5) is 0 Å². The standard InChI is InChI=1S/C16H31NS/c1-13-5-4-6-14(9-13)7-8-17-15-10-16(2,3)12-18-11-15/h13-15,17H,4-12H2,1-3H3. The van der Waals surface area contributed by atoms with Gasteiger partial charge in [-0.15, -0.1) is 0 Å². The Morgan fingerprint density at radius 2 is 2.11 bits per heavy atom. The Balaban J connectivity index is 1.63. The van der Waals surface area contributed by atoms with Crippen molar-refractivity contribution in [1.82, 2.24) is 5.32 Å². The molecule has 0 aromatic carbocycles. The van der Waals surface area contributed by atoms with E-state index in [-0.39, 0.29) is 0 Å². The average Bonchev–Trinajstić information content (AvgIpc) is 2.28. The van der Waals surface area contributed by atoms with Gasteiger partial charge in [-0.3, -0.25) is 0 Å². The molecule has 1 saturated heterocycles. The fourth-order valence-electron chi connectivity index (χ4n) is 3.71. The number of hydrogen-bond donors (Lipinski definition) is 1. The molecule has 2 aliphatic rings. The van der Waals surface area contributed by atoms with E-state index >= 15 is 0 Å². The normalized spacial score (nSPS) is 36.5. The quantitative estimate of drug-likeness (QED) is 0.815. The summed E-state index contributed by atoms with van der Waals surface area (Å²) >= 11 is 2.13. The second-order valence-electron chi connectivity index (χ2n) is 7.46. The summed E-state index contributed by atoms with van der Waals surface area (Å²) < 4.78 is 0. The molecule has 2 heteroatoms. The van der Waals surface area contributed by atoms with Crippen molar-refractivity contribution >= 4 is 11.8 Å². The summed E-state index contributed by atoms with van der Waals surface area (Å²) in [4.78, 5) is 0. The number of rotatable bonds is 4. The number of nitrogens with one attached hydrogen (secondary N) is 1. The minimum Gasteiger partial charge on any atom is -0.313 e. The minimum atomic E-state index is 0.542. The van der Waals surface area contributed by atoms with Crippen LogP contribution in [0.5, 0.6) is 0 Å². The highest BCUT2D eigenvalue weighted by molar-refractivity contribution is 7.99. The van der Waals surface area contributed by atoms with E-state index in [2.05, 4.69) is 37.8 Å². The molecule has 0 amide bonds. The smallest absolute Gasteiger partial charge is 0.0163 e. The van der Waals surface area contributed by atoms with Crippen LogP contribution in [0, 0.1) is 17.3 Å². The Labute approximate surface area is 118 Å². The summed E-state index contributed by atoms with van der Waals surface area (Å²) in [6.45, 7) is 8.51. The molecule has 1 aliphatic carbocycles. The molecule has 1 heterocycles. The Morgan fingerprint density at radius 3 is 2.83 bits per heavy atom. The van der Waals surface area contributed by atoms with Gasteiger partial charge in [0.05, 0.1) is 0 Å². The first-order valence-electron chi connectivity index (χ1n) is 7.86. The van der Waals surface area contributed by atoms with Crippen molar-refractivity contribution in [3.8, 4) is 0 Å². The predicted molar refractivity (Wildman–Crippen MR) is 83.3 cm³/mol. The van der Waals surface area contributed by atoms with Gasteiger partial charge in [-0.1, -0.05) is 40.0 Å². The van der Waals surface area contributed by atoms with Crippen molar-refractivity contribution in [2.45, 2.75) is 65.3 Å². The molecule has 0 bridgehead atoms. The second-order valence-corrected chi connectivity index (χ2v) is 8.49. The molecular weight excluding hydrogens is 238 g/mol. The zero-order valence-corrected chi connectivity index (χ0v) is 13.3. The second kappa shape index (κ2) is 6.65. The van der Waals surface area contributed by atoms with Gasteiger partial charge in [0.2, 0.25) is 0 Å². The fourth-order valence-corrected chi connectivity index (χ4v) is 5.02. The van der Waals surface area contributed by atoms with Crippen LogP contribution in [0.1, 0.15) is 59.3 Å². The molecule has 3 atom stereocenters. The Hall–Kier alpha value is 0.310. The lowest BCUT2D eigenvalue weighted by molar-refractivity contribution is 0.258. The van der Waals surface area contributed by atoms with Gasteiger partial charge in [0, 0.05) is 11.8 Å². The van der Waals surface area contributed by atoms with E-state index < -0.39 is 0 Å². The van der Waals surface area contributed by atoms with Crippen molar-refractivity contribution < 1.29 is 0 Å². The van der Waals surface area contributed by atoms with E-state index in [0.29, 0.717) is 5.41 Å². The molecule has 18 heavy (non-hydrogen) atoms. The maximum absolute atomic E-state index is 3.82. The molecule has 2 rings (SSSR count). The van der Waals surface area contributed by atoms with Gasteiger partial charge < -0.3 is 5.32 Å². The van der Waals surface area contributed by atoms with Crippen LogP contribution in [-0.2, 0) is 0 Å². The summed E-state index contributed by atoms with van der Waals surface area (Å²) in [5, 5.41) is 3.82. The highest BCUT2D eigenvalue weighted by atomic mass is 32.2. The largest absolute Gasteiger partial charge is 0.313 e. The third-order valence-electron chi connectivity index (χ3n) is 4.64. The molecule has 0 radical (unpaired) electrons. The van der Waals surface area contributed by atoms with Crippen LogP contribution < -0.4 is 5.32 Å². The van der Waals surface area contributed by atoms with Crippen LogP contribution in [-0.4, -0.2) is 24.1 Å². The molecule has 1 aliphatic heterocycles. The predicted octanol–water partition coefficient (Wildman–Crippen LogP) is 4.32. The lowest BCUT2D eigenvalue weighted by Gasteiger charge is -2.35. The summed E-state index contributed by atoms with van der Waals surface area (Å²) in [5.74, 6) is 4.65.